The topological polar surface area (TPSA) is 20.2 Å². The van der Waals surface area contributed by atoms with Crippen molar-refractivity contribution >= 4 is 11.8 Å². The Hall–Kier alpha value is -0.630. The van der Waals surface area contributed by atoms with Gasteiger partial charge in [-0.05, 0) is 42.7 Å². The predicted octanol–water partition coefficient (Wildman–Crippen LogP) is 4.00. The van der Waals surface area contributed by atoms with Crippen LogP contribution in [0.3, 0.4) is 0 Å². The van der Waals surface area contributed by atoms with Crippen molar-refractivity contribution in [2.75, 3.05) is 5.75 Å². The molecule has 1 fully saturated rings. The smallest absolute Gasteiger partial charge is 0.115 e. The van der Waals surface area contributed by atoms with Crippen molar-refractivity contribution in [2.45, 2.75) is 43.8 Å². The Balaban J connectivity index is 1.69. The van der Waals surface area contributed by atoms with Gasteiger partial charge in [0.25, 0.3) is 0 Å². The second-order valence-corrected chi connectivity index (χ2v) is 5.96. The number of hydrogen-bond donors (Lipinski definition) is 1. The van der Waals surface area contributed by atoms with E-state index >= 15 is 0 Å². The highest BCUT2D eigenvalue weighted by Crippen LogP contribution is 2.28. The van der Waals surface area contributed by atoms with E-state index in [2.05, 4.69) is 11.8 Å². The SMILES string of the molecule is Oc1ccc(CCSC2CCCCC2)cc1. The molecule has 1 saturated carbocycles. The molecule has 0 aliphatic heterocycles. The third-order valence-electron chi connectivity index (χ3n) is 3.23. The van der Waals surface area contributed by atoms with Gasteiger partial charge >= 0.3 is 0 Å². The summed E-state index contributed by atoms with van der Waals surface area (Å²) in [6.45, 7) is 0. The summed E-state index contributed by atoms with van der Waals surface area (Å²) in [6.07, 6.45) is 8.25. The highest BCUT2D eigenvalue weighted by molar-refractivity contribution is 7.99. The first-order valence-corrected chi connectivity index (χ1v) is 7.29. The first kappa shape index (κ1) is 11.8. The van der Waals surface area contributed by atoms with Gasteiger partial charge < -0.3 is 5.11 Å². The fourth-order valence-electron chi connectivity index (χ4n) is 2.24. The molecule has 0 atom stereocenters. The maximum atomic E-state index is 9.18. The van der Waals surface area contributed by atoms with E-state index in [0.717, 1.165) is 11.7 Å². The number of phenols is 1. The van der Waals surface area contributed by atoms with Crippen molar-refractivity contribution in [1.29, 1.82) is 0 Å². The first-order chi connectivity index (χ1) is 7.84. The summed E-state index contributed by atoms with van der Waals surface area (Å²) in [5.74, 6) is 1.58. The molecule has 1 nitrogen and oxygen atoms in total. The van der Waals surface area contributed by atoms with E-state index in [-0.39, 0.29) is 0 Å². The summed E-state index contributed by atoms with van der Waals surface area (Å²) in [5, 5.41) is 10.1. The first-order valence-electron chi connectivity index (χ1n) is 6.24. The van der Waals surface area contributed by atoms with Crippen LogP contribution < -0.4 is 0 Å². The summed E-state index contributed by atoms with van der Waals surface area (Å²) in [5.41, 5.74) is 1.33. The Morgan fingerprint density at radius 3 is 2.44 bits per heavy atom. The Morgan fingerprint density at radius 1 is 1.06 bits per heavy atom. The molecule has 2 heteroatoms. The molecule has 0 aromatic heterocycles. The Morgan fingerprint density at radius 2 is 1.75 bits per heavy atom. The average Bonchev–Trinajstić information content (AvgIpc) is 2.33. The van der Waals surface area contributed by atoms with E-state index in [1.165, 1.54) is 43.4 Å². The summed E-state index contributed by atoms with van der Waals surface area (Å²) in [6, 6.07) is 7.61. The molecule has 0 amide bonds. The van der Waals surface area contributed by atoms with Crippen LogP contribution in [0.25, 0.3) is 0 Å². The van der Waals surface area contributed by atoms with Gasteiger partial charge in [-0.25, -0.2) is 0 Å². The minimum atomic E-state index is 0.365. The van der Waals surface area contributed by atoms with Crippen LogP contribution in [0, 0.1) is 0 Å². The van der Waals surface area contributed by atoms with Crippen LogP contribution >= 0.6 is 11.8 Å². The lowest BCUT2D eigenvalue weighted by Crippen LogP contribution is -2.09. The maximum Gasteiger partial charge on any atom is 0.115 e. The van der Waals surface area contributed by atoms with Crippen molar-refractivity contribution < 1.29 is 5.11 Å². The molecule has 0 unspecified atom stereocenters. The molecule has 0 saturated heterocycles. The number of aromatic hydroxyl groups is 1. The molecular weight excluding hydrogens is 216 g/mol. The van der Waals surface area contributed by atoms with E-state index in [4.69, 9.17) is 0 Å². The van der Waals surface area contributed by atoms with Crippen LogP contribution in [0.5, 0.6) is 5.75 Å². The van der Waals surface area contributed by atoms with Crippen molar-refractivity contribution in [3.05, 3.63) is 29.8 Å². The van der Waals surface area contributed by atoms with Gasteiger partial charge in [0.05, 0.1) is 0 Å². The molecule has 0 radical (unpaired) electrons. The third-order valence-corrected chi connectivity index (χ3v) is 4.62. The zero-order chi connectivity index (χ0) is 11.2. The second kappa shape index (κ2) is 6.19. The van der Waals surface area contributed by atoms with Gasteiger partial charge in [0.15, 0.2) is 0 Å². The zero-order valence-electron chi connectivity index (χ0n) is 9.69. The van der Waals surface area contributed by atoms with Crippen molar-refractivity contribution in [1.82, 2.24) is 0 Å². The van der Waals surface area contributed by atoms with Crippen LogP contribution in [-0.2, 0) is 6.42 Å². The summed E-state index contributed by atoms with van der Waals surface area (Å²) >= 11 is 2.13. The Bertz CT molecular complexity index is 301. The number of phenolic OH excluding ortho intramolecular Hbond substituents is 1. The molecule has 0 spiro atoms. The molecule has 1 aromatic carbocycles. The van der Waals surface area contributed by atoms with Crippen LogP contribution in [0.15, 0.2) is 24.3 Å². The number of aryl methyl sites for hydroxylation is 1. The van der Waals surface area contributed by atoms with Crippen LogP contribution in [0.4, 0.5) is 0 Å². The quantitative estimate of drug-likeness (QED) is 0.852. The largest absolute Gasteiger partial charge is 0.508 e. The highest BCUT2D eigenvalue weighted by atomic mass is 32.2. The van der Waals surface area contributed by atoms with Crippen LogP contribution in [-0.4, -0.2) is 16.1 Å². The van der Waals surface area contributed by atoms with Crippen molar-refractivity contribution in [3.8, 4) is 5.75 Å². The number of thioether (sulfide) groups is 1. The number of benzene rings is 1. The lowest BCUT2D eigenvalue weighted by molar-refractivity contribution is 0.475. The molecular formula is C14H20OS. The van der Waals surface area contributed by atoms with E-state index in [1.54, 1.807) is 12.1 Å². The van der Waals surface area contributed by atoms with Crippen LogP contribution in [0.1, 0.15) is 37.7 Å². The van der Waals surface area contributed by atoms with Gasteiger partial charge in [-0.2, -0.15) is 11.8 Å². The summed E-state index contributed by atoms with van der Waals surface area (Å²) < 4.78 is 0. The maximum absolute atomic E-state index is 9.18. The third kappa shape index (κ3) is 3.75. The minimum absolute atomic E-state index is 0.365. The molecule has 1 N–H and O–H groups in total. The molecule has 2 rings (SSSR count). The van der Waals surface area contributed by atoms with Crippen molar-refractivity contribution in [2.24, 2.45) is 0 Å². The van der Waals surface area contributed by atoms with Gasteiger partial charge in [-0.1, -0.05) is 31.4 Å². The Labute approximate surface area is 102 Å². The summed E-state index contributed by atoms with van der Waals surface area (Å²) in [7, 11) is 0. The van der Waals surface area contributed by atoms with Crippen LogP contribution in [0.2, 0.25) is 0 Å². The number of rotatable bonds is 4. The minimum Gasteiger partial charge on any atom is -0.508 e. The fourth-order valence-corrected chi connectivity index (χ4v) is 3.59. The molecule has 88 valence electrons. The van der Waals surface area contributed by atoms with E-state index in [9.17, 15) is 5.11 Å². The highest BCUT2D eigenvalue weighted by Gasteiger charge is 2.12. The predicted molar refractivity (Wildman–Crippen MR) is 71.1 cm³/mol. The standard InChI is InChI=1S/C14H20OS/c15-13-8-6-12(7-9-13)10-11-16-14-4-2-1-3-5-14/h6-9,14-15H,1-5,10-11H2. The summed E-state index contributed by atoms with van der Waals surface area (Å²) in [4.78, 5) is 0. The molecule has 0 heterocycles. The van der Waals surface area contributed by atoms with E-state index < -0.39 is 0 Å². The fraction of sp³-hybridized carbons (Fsp3) is 0.571. The van der Waals surface area contributed by atoms with E-state index in [0.29, 0.717) is 5.75 Å². The zero-order valence-corrected chi connectivity index (χ0v) is 10.5. The van der Waals surface area contributed by atoms with Gasteiger partial charge in [0, 0.05) is 5.25 Å². The van der Waals surface area contributed by atoms with Gasteiger partial charge in [-0.15, -0.1) is 0 Å². The van der Waals surface area contributed by atoms with Gasteiger partial charge in [0.2, 0.25) is 0 Å². The lowest BCUT2D eigenvalue weighted by atomic mass is 10.0. The molecule has 1 aliphatic rings. The lowest BCUT2D eigenvalue weighted by Gasteiger charge is -2.20. The molecule has 1 aliphatic carbocycles. The molecule has 0 bridgehead atoms. The number of hydrogen-bond acceptors (Lipinski definition) is 2. The van der Waals surface area contributed by atoms with Crippen molar-refractivity contribution in [3.63, 3.8) is 0 Å². The average molecular weight is 236 g/mol. The van der Waals surface area contributed by atoms with E-state index in [1.807, 2.05) is 12.1 Å². The Kier molecular flexibility index (Phi) is 4.58. The van der Waals surface area contributed by atoms with Gasteiger partial charge in [0.1, 0.15) is 5.75 Å². The second-order valence-electron chi connectivity index (χ2n) is 4.55. The normalized spacial score (nSPS) is 17.5. The van der Waals surface area contributed by atoms with Gasteiger partial charge in [-0.3, -0.25) is 0 Å². The molecule has 16 heavy (non-hydrogen) atoms. The molecule has 1 aromatic rings. The monoisotopic (exact) mass is 236 g/mol.